The normalized spacial score (nSPS) is 16.1. The smallest absolute Gasteiger partial charge is 0.159 e. The van der Waals surface area contributed by atoms with E-state index in [1.165, 1.54) is 0 Å². The minimum Gasteiger partial charge on any atom is -0.381 e. The number of nitrogens with zero attached hydrogens (tertiary/aromatic N) is 4. The Bertz CT molecular complexity index is 859. The van der Waals surface area contributed by atoms with Crippen LogP contribution in [0.4, 0.5) is 5.69 Å². The standard InChI is InChI=1S/C21H27N5O/c1-4-7-16(5-2)12-22-13-17-14-23-21-19(15-24-26(21)6-3)20(17)25-18-8-10-27-11-9-18/h4-5,7,13-15,18H,1-2,6,8-12H2,3H3,(H,23,25)/b16-7+,22-13?. The highest BCUT2D eigenvalue weighted by atomic mass is 16.5. The number of rotatable bonds is 8. The fourth-order valence-corrected chi connectivity index (χ4v) is 3.16. The van der Waals surface area contributed by atoms with E-state index in [4.69, 9.17) is 4.74 Å². The van der Waals surface area contributed by atoms with Gasteiger partial charge in [-0.25, -0.2) is 9.67 Å². The van der Waals surface area contributed by atoms with Crippen LogP contribution in [0.15, 0.2) is 54.3 Å². The van der Waals surface area contributed by atoms with Crippen LogP contribution in [-0.2, 0) is 11.3 Å². The number of allylic oxidation sites excluding steroid dienone is 2. The van der Waals surface area contributed by atoms with Gasteiger partial charge in [-0.2, -0.15) is 5.10 Å². The van der Waals surface area contributed by atoms with E-state index >= 15 is 0 Å². The first kappa shape index (κ1) is 19.0. The van der Waals surface area contributed by atoms with Crippen LogP contribution in [0.1, 0.15) is 25.3 Å². The SMILES string of the molecule is C=C/C=C(\C=C)CN=Cc1cnc2c(cnn2CC)c1NC1CCOCC1. The number of aryl methyl sites for hydroxylation is 1. The summed E-state index contributed by atoms with van der Waals surface area (Å²) in [7, 11) is 0. The zero-order valence-electron chi connectivity index (χ0n) is 15.9. The van der Waals surface area contributed by atoms with Gasteiger partial charge in [-0.3, -0.25) is 4.99 Å². The van der Waals surface area contributed by atoms with Gasteiger partial charge in [0.1, 0.15) is 0 Å². The summed E-state index contributed by atoms with van der Waals surface area (Å²) in [6.45, 7) is 12.5. The van der Waals surface area contributed by atoms with Crippen molar-refractivity contribution in [1.82, 2.24) is 14.8 Å². The summed E-state index contributed by atoms with van der Waals surface area (Å²) >= 11 is 0. The van der Waals surface area contributed by atoms with Crippen LogP contribution in [0.2, 0.25) is 0 Å². The van der Waals surface area contributed by atoms with Crippen molar-refractivity contribution >= 4 is 22.9 Å². The summed E-state index contributed by atoms with van der Waals surface area (Å²) in [5.41, 5.74) is 3.92. The molecule has 27 heavy (non-hydrogen) atoms. The molecule has 1 fully saturated rings. The summed E-state index contributed by atoms with van der Waals surface area (Å²) in [6, 6.07) is 0.380. The third-order valence-electron chi connectivity index (χ3n) is 4.66. The van der Waals surface area contributed by atoms with E-state index in [0.29, 0.717) is 12.6 Å². The molecule has 1 aliphatic heterocycles. The molecule has 0 spiro atoms. The molecule has 0 unspecified atom stereocenters. The van der Waals surface area contributed by atoms with Gasteiger partial charge in [-0.1, -0.05) is 31.4 Å². The van der Waals surface area contributed by atoms with Gasteiger partial charge >= 0.3 is 0 Å². The van der Waals surface area contributed by atoms with Crippen LogP contribution in [0.5, 0.6) is 0 Å². The fraction of sp³-hybridized carbons (Fsp3) is 0.381. The largest absolute Gasteiger partial charge is 0.381 e. The summed E-state index contributed by atoms with van der Waals surface area (Å²) in [6.07, 6.45) is 13.1. The second-order valence-electron chi connectivity index (χ2n) is 6.47. The van der Waals surface area contributed by atoms with Gasteiger partial charge in [0.2, 0.25) is 0 Å². The highest BCUT2D eigenvalue weighted by Gasteiger charge is 2.18. The highest BCUT2D eigenvalue weighted by molar-refractivity contribution is 6.00. The molecular weight excluding hydrogens is 338 g/mol. The lowest BCUT2D eigenvalue weighted by Gasteiger charge is -2.25. The van der Waals surface area contributed by atoms with Crippen molar-refractivity contribution in [3.63, 3.8) is 0 Å². The van der Waals surface area contributed by atoms with E-state index in [1.54, 1.807) is 12.2 Å². The van der Waals surface area contributed by atoms with Gasteiger partial charge in [-0.05, 0) is 25.3 Å². The number of ether oxygens (including phenoxy) is 1. The van der Waals surface area contributed by atoms with Crippen LogP contribution in [0, 0.1) is 0 Å². The lowest BCUT2D eigenvalue weighted by molar-refractivity contribution is 0.0905. The third-order valence-corrected chi connectivity index (χ3v) is 4.66. The molecule has 6 nitrogen and oxygen atoms in total. The molecule has 3 heterocycles. The molecule has 0 aromatic carbocycles. The third kappa shape index (κ3) is 4.52. The molecule has 2 aromatic rings. The van der Waals surface area contributed by atoms with E-state index in [-0.39, 0.29) is 0 Å². The van der Waals surface area contributed by atoms with E-state index in [9.17, 15) is 0 Å². The van der Waals surface area contributed by atoms with Crippen LogP contribution in [0.25, 0.3) is 11.0 Å². The zero-order valence-corrected chi connectivity index (χ0v) is 15.9. The van der Waals surface area contributed by atoms with Crippen molar-refractivity contribution in [3.8, 4) is 0 Å². The van der Waals surface area contributed by atoms with Crippen molar-refractivity contribution in [2.24, 2.45) is 4.99 Å². The van der Waals surface area contributed by atoms with Crippen LogP contribution in [0.3, 0.4) is 0 Å². The summed E-state index contributed by atoms with van der Waals surface area (Å²) in [5, 5.41) is 9.18. The number of aromatic nitrogens is 3. The van der Waals surface area contributed by atoms with Crippen molar-refractivity contribution in [1.29, 1.82) is 0 Å². The number of anilines is 1. The number of nitrogens with one attached hydrogen (secondary N) is 1. The first-order chi connectivity index (χ1) is 13.3. The van der Waals surface area contributed by atoms with Crippen molar-refractivity contribution in [2.75, 3.05) is 25.1 Å². The Morgan fingerprint density at radius 1 is 1.37 bits per heavy atom. The maximum atomic E-state index is 5.48. The highest BCUT2D eigenvalue weighted by Crippen LogP contribution is 2.27. The minimum atomic E-state index is 0.380. The van der Waals surface area contributed by atoms with Crippen LogP contribution in [-0.4, -0.2) is 46.8 Å². The lowest BCUT2D eigenvalue weighted by Crippen LogP contribution is -2.28. The molecular formula is C21H27N5O. The monoisotopic (exact) mass is 365 g/mol. The fourth-order valence-electron chi connectivity index (χ4n) is 3.16. The van der Waals surface area contributed by atoms with E-state index in [0.717, 1.165) is 60.5 Å². The minimum absolute atomic E-state index is 0.380. The second kappa shape index (κ2) is 9.28. The topological polar surface area (TPSA) is 64.3 Å². The molecule has 1 N–H and O–H groups in total. The zero-order chi connectivity index (χ0) is 19.1. The molecule has 142 valence electrons. The van der Waals surface area contributed by atoms with Gasteiger partial charge in [0.25, 0.3) is 0 Å². The Kier molecular flexibility index (Phi) is 6.54. The maximum absolute atomic E-state index is 5.48. The first-order valence-corrected chi connectivity index (χ1v) is 9.39. The number of fused-ring (bicyclic) bond motifs is 1. The van der Waals surface area contributed by atoms with E-state index < -0.39 is 0 Å². The average molecular weight is 365 g/mol. The lowest BCUT2D eigenvalue weighted by atomic mass is 10.1. The van der Waals surface area contributed by atoms with Crippen LogP contribution >= 0.6 is 0 Å². The van der Waals surface area contributed by atoms with Gasteiger partial charge in [0.15, 0.2) is 5.65 Å². The predicted octanol–water partition coefficient (Wildman–Crippen LogP) is 3.76. The van der Waals surface area contributed by atoms with Gasteiger partial charge in [0.05, 0.1) is 23.8 Å². The molecule has 6 heteroatoms. The van der Waals surface area contributed by atoms with Crippen molar-refractivity contribution in [3.05, 3.63) is 54.9 Å². The van der Waals surface area contributed by atoms with Gasteiger partial charge in [0, 0.05) is 43.8 Å². The van der Waals surface area contributed by atoms with Gasteiger partial charge in [-0.15, -0.1) is 0 Å². The van der Waals surface area contributed by atoms with E-state index in [1.807, 2.05) is 29.4 Å². The maximum Gasteiger partial charge on any atom is 0.159 e. The first-order valence-electron chi connectivity index (χ1n) is 9.39. The Morgan fingerprint density at radius 3 is 2.89 bits per heavy atom. The molecule has 2 aromatic heterocycles. The average Bonchev–Trinajstić information content (AvgIpc) is 3.13. The number of aliphatic imine (C=N–C) groups is 1. The van der Waals surface area contributed by atoms with Crippen molar-refractivity contribution in [2.45, 2.75) is 32.4 Å². The predicted molar refractivity (Wildman–Crippen MR) is 112 cm³/mol. The van der Waals surface area contributed by atoms with Crippen molar-refractivity contribution < 1.29 is 4.74 Å². The molecule has 0 atom stereocenters. The molecule has 1 aliphatic rings. The molecule has 1 saturated heterocycles. The Labute approximate surface area is 160 Å². The molecule has 0 radical (unpaired) electrons. The van der Waals surface area contributed by atoms with Crippen LogP contribution < -0.4 is 5.32 Å². The Hall–Kier alpha value is -2.73. The molecule has 3 rings (SSSR count). The molecule has 0 saturated carbocycles. The second-order valence-corrected chi connectivity index (χ2v) is 6.47. The van der Waals surface area contributed by atoms with Gasteiger partial charge < -0.3 is 10.1 Å². The molecule has 0 aliphatic carbocycles. The molecule has 0 amide bonds. The van der Waals surface area contributed by atoms with E-state index in [2.05, 4.69) is 40.5 Å². The number of pyridine rings is 1. The number of hydrogen-bond acceptors (Lipinski definition) is 5. The summed E-state index contributed by atoms with van der Waals surface area (Å²) in [4.78, 5) is 9.19. The molecule has 0 bridgehead atoms. The Morgan fingerprint density at radius 2 is 2.19 bits per heavy atom. The number of hydrogen-bond donors (Lipinski definition) is 1. The summed E-state index contributed by atoms with van der Waals surface area (Å²) in [5.74, 6) is 0. The summed E-state index contributed by atoms with van der Waals surface area (Å²) < 4.78 is 7.40. The Balaban J connectivity index is 1.92. The quantitative estimate of drug-likeness (QED) is 0.571.